The first-order valence-corrected chi connectivity index (χ1v) is 10.7. The van der Waals surface area contributed by atoms with Crippen LogP contribution in [0.4, 0.5) is 5.13 Å². The average molecular weight is 414 g/mol. The highest BCUT2D eigenvalue weighted by Gasteiger charge is 2.22. The molecule has 0 spiro atoms. The number of ether oxygens (including phenoxy) is 1. The van der Waals surface area contributed by atoms with Gasteiger partial charge in [-0.25, -0.2) is 4.98 Å². The fraction of sp³-hybridized carbons (Fsp3) is 0.450. The molecule has 1 aliphatic rings. The minimum atomic E-state index is -0.0652. The number of carbonyl (C=O) groups is 1. The van der Waals surface area contributed by atoms with Gasteiger partial charge in [0.1, 0.15) is 11.1 Å². The molecule has 1 atom stereocenters. The number of benzene rings is 1. The summed E-state index contributed by atoms with van der Waals surface area (Å²) in [5, 5.41) is 12.9. The Hall–Kier alpha value is -2.65. The number of para-hydroxylation sites is 1. The van der Waals surface area contributed by atoms with Gasteiger partial charge in [0.2, 0.25) is 11.0 Å². The zero-order chi connectivity index (χ0) is 20.1. The molecule has 1 N–H and O–H groups in total. The predicted octanol–water partition coefficient (Wildman–Crippen LogP) is 3.30. The van der Waals surface area contributed by atoms with Gasteiger partial charge in [0.05, 0.1) is 17.2 Å². The SMILES string of the molecule is O=C(CCCCCn1cnc2ccccc2c1=O)Nc1nnc([C@@H]2CCCO2)s1. The Bertz CT molecular complexity index is 1040. The smallest absolute Gasteiger partial charge is 0.261 e. The molecular weight excluding hydrogens is 390 g/mol. The van der Waals surface area contributed by atoms with Gasteiger partial charge < -0.3 is 10.1 Å². The molecule has 0 aliphatic carbocycles. The van der Waals surface area contributed by atoms with E-state index in [2.05, 4.69) is 20.5 Å². The Balaban J connectivity index is 1.19. The summed E-state index contributed by atoms with van der Waals surface area (Å²) < 4.78 is 7.22. The molecule has 1 aromatic carbocycles. The lowest BCUT2D eigenvalue weighted by Crippen LogP contribution is -2.20. The third-order valence-corrected chi connectivity index (χ3v) is 5.86. The van der Waals surface area contributed by atoms with Crippen molar-refractivity contribution >= 4 is 33.3 Å². The van der Waals surface area contributed by atoms with Gasteiger partial charge in [-0.2, -0.15) is 0 Å². The van der Waals surface area contributed by atoms with Crippen LogP contribution in [0.5, 0.6) is 0 Å². The van der Waals surface area contributed by atoms with E-state index in [-0.39, 0.29) is 17.6 Å². The molecule has 0 radical (unpaired) electrons. The largest absolute Gasteiger partial charge is 0.371 e. The van der Waals surface area contributed by atoms with Crippen LogP contribution in [0.1, 0.15) is 49.6 Å². The minimum absolute atomic E-state index is 0.0196. The summed E-state index contributed by atoms with van der Waals surface area (Å²) in [5.74, 6) is -0.0652. The fourth-order valence-corrected chi connectivity index (χ4v) is 4.22. The van der Waals surface area contributed by atoms with Crippen molar-refractivity contribution in [1.29, 1.82) is 0 Å². The third kappa shape index (κ3) is 4.86. The van der Waals surface area contributed by atoms with Crippen LogP contribution in [0.3, 0.4) is 0 Å². The van der Waals surface area contributed by atoms with Crippen LogP contribution in [-0.4, -0.2) is 32.3 Å². The zero-order valence-electron chi connectivity index (χ0n) is 16.0. The molecule has 29 heavy (non-hydrogen) atoms. The molecule has 3 heterocycles. The number of hydrogen-bond acceptors (Lipinski definition) is 7. The summed E-state index contributed by atoms with van der Waals surface area (Å²) in [6, 6.07) is 7.34. The van der Waals surface area contributed by atoms with E-state index in [4.69, 9.17) is 4.74 Å². The second kappa shape index (κ2) is 9.23. The van der Waals surface area contributed by atoms with Gasteiger partial charge in [0, 0.05) is 19.6 Å². The highest BCUT2D eigenvalue weighted by molar-refractivity contribution is 7.15. The van der Waals surface area contributed by atoms with Crippen molar-refractivity contribution in [3.63, 3.8) is 0 Å². The van der Waals surface area contributed by atoms with Gasteiger partial charge in [0.25, 0.3) is 5.56 Å². The molecule has 1 saturated heterocycles. The van der Waals surface area contributed by atoms with Gasteiger partial charge in [-0.05, 0) is 37.8 Å². The van der Waals surface area contributed by atoms with Gasteiger partial charge in [-0.3, -0.25) is 14.2 Å². The maximum atomic E-state index is 12.4. The molecule has 4 rings (SSSR count). The molecule has 1 fully saturated rings. The maximum Gasteiger partial charge on any atom is 0.261 e. The second-order valence-corrected chi connectivity index (χ2v) is 8.08. The first kappa shape index (κ1) is 19.7. The highest BCUT2D eigenvalue weighted by Crippen LogP contribution is 2.31. The van der Waals surface area contributed by atoms with Crippen molar-refractivity contribution in [1.82, 2.24) is 19.7 Å². The number of nitrogens with one attached hydrogen (secondary N) is 1. The first-order valence-electron chi connectivity index (χ1n) is 9.90. The summed E-state index contributed by atoms with van der Waals surface area (Å²) in [4.78, 5) is 28.9. The second-order valence-electron chi connectivity index (χ2n) is 7.07. The lowest BCUT2D eigenvalue weighted by Gasteiger charge is -2.06. The van der Waals surface area contributed by atoms with E-state index < -0.39 is 0 Å². The molecule has 1 amide bonds. The van der Waals surface area contributed by atoms with Gasteiger partial charge >= 0.3 is 0 Å². The third-order valence-electron chi connectivity index (χ3n) is 4.93. The van der Waals surface area contributed by atoms with Crippen molar-refractivity contribution in [3.8, 4) is 0 Å². The van der Waals surface area contributed by atoms with E-state index in [1.165, 1.54) is 11.3 Å². The summed E-state index contributed by atoms with van der Waals surface area (Å²) in [6.45, 7) is 1.35. The molecular formula is C20H23N5O3S. The molecule has 0 unspecified atom stereocenters. The summed E-state index contributed by atoms with van der Waals surface area (Å²) in [6.07, 6.45) is 6.44. The van der Waals surface area contributed by atoms with Crippen molar-refractivity contribution < 1.29 is 9.53 Å². The Morgan fingerprint density at radius 2 is 2.14 bits per heavy atom. The number of rotatable bonds is 8. The maximum absolute atomic E-state index is 12.4. The van der Waals surface area contributed by atoms with Crippen LogP contribution >= 0.6 is 11.3 Å². The van der Waals surface area contributed by atoms with Gasteiger partial charge in [-0.1, -0.05) is 29.9 Å². The van der Waals surface area contributed by atoms with Crippen LogP contribution in [0.2, 0.25) is 0 Å². The van der Waals surface area contributed by atoms with E-state index in [0.29, 0.717) is 29.0 Å². The molecule has 9 heteroatoms. The number of hydrogen-bond donors (Lipinski definition) is 1. The molecule has 3 aromatic rings. The lowest BCUT2D eigenvalue weighted by molar-refractivity contribution is -0.116. The number of unbranched alkanes of at least 4 members (excludes halogenated alkanes) is 2. The number of aromatic nitrogens is 4. The fourth-order valence-electron chi connectivity index (χ4n) is 3.38. The first-order chi connectivity index (χ1) is 14.2. The minimum Gasteiger partial charge on any atom is -0.371 e. The lowest BCUT2D eigenvalue weighted by atomic mass is 10.2. The Labute approximate surface area is 171 Å². The molecule has 1 aliphatic heterocycles. The summed E-state index contributed by atoms with van der Waals surface area (Å²) in [5.41, 5.74) is 0.691. The quantitative estimate of drug-likeness (QED) is 0.569. The molecule has 8 nitrogen and oxygen atoms in total. The van der Waals surface area contributed by atoms with Gasteiger partial charge in [-0.15, -0.1) is 10.2 Å². The highest BCUT2D eigenvalue weighted by atomic mass is 32.1. The predicted molar refractivity (Wildman–Crippen MR) is 111 cm³/mol. The van der Waals surface area contributed by atoms with E-state index >= 15 is 0 Å². The molecule has 0 saturated carbocycles. The van der Waals surface area contributed by atoms with Crippen molar-refractivity contribution in [2.75, 3.05) is 11.9 Å². The summed E-state index contributed by atoms with van der Waals surface area (Å²) in [7, 11) is 0. The van der Waals surface area contributed by atoms with Crippen LogP contribution in [-0.2, 0) is 16.1 Å². The van der Waals surface area contributed by atoms with E-state index in [0.717, 1.165) is 43.7 Å². The van der Waals surface area contributed by atoms with E-state index in [1.54, 1.807) is 17.0 Å². The number of aryl methyl sites for hydroxylation is 1. The average Bonchev–Trinajstić information content (AvgIpc) is 3.41. The number of fused-ring (bicyclic) bond motifs is 1. The Kier molecular flexibility index (Phi) is 6.26. The number of carbonyl (C=O) groups excluding carboxylic acids is 1. The van der Waals surface area contributed by atoms with Crippen molar-refractivity contribution in [2.24, 2.45) is 0 Å². The standard InChI is InChI=1S/C20H23N5O3S/c26-17(22-20-24-23-18(29-20)16-9-6-12-28-16)10-2-1-5-11-25-13-21-15-8-4-3-7-14(15)19(25)27/h3-4,7-8,13,16H,1-2,5-6,9-12H2,(H,22,24,26)/t16-/m0/s1. The van der Waals surface area contributed by atoms with Crippen LogP contribution in [0.25, 0.3) is 10.9 Å². The summed E-state index contributed by atoms with van der Waals surface area (Å²) >= 11 is 1.38. The monoisotopic (exact) mass is 413 g/mol. The van der Waals surface area contributed by atoms with Gasteiger partial charge in [0.15, 0.2) is 0 Å². The van der Waals surface area contributed by atoms with E-state index in [9.17, 15) is 9.59 Å². The van der Waals surface area contributed by atoms with Crippen LogP contribution in [0.15, 0.2) is 35.4 Å². The van der Waals surface area contributed by atoms with Crippen molar-refractivity contribution in [2.45, 2.75) is 51.2 Å². The molecule has 152 valence electrons. The Morgan fingerprint density at radius 3 is 3.00 bits per heavy atom. The number of anilines is 1. The van der Waals surface area contributed by atoms with Crippen molar-refractivity contribution in [3.05, 3.63) is 46.0 Å². The van der Waals surface area contributed by atoms with Crippen LogP contribution < -0.4 is 10.9 Å². The molecule has 2 aromatic heterocycles. The zero-order valence-corrected chi connectivity index (χ0v) is 16.9. The molecule has 0 bridgehead atoms. The normalized spacial score (nSPS) is 16.3. The number of nitrogens with zero attached hydrogens (tertiary/aromatic N) is 4. The number of amides is 1. The Morgan fingerprint density at radius 1 is 1.24 bits per heavy atom. The topological polar surface area (TPSA) is 99.0 Å². The van der Waals surface area contributed by atoms with E-state index in [1.807, 2.05) is 18.2 Å². The van der Waals surface area contributed by atoms with Crippen LogP contribution in [0, 0.1) is 0 Å².